The maximum absolute atomic E-state index is 5.03. The third kappa shape index (κ3) is 0.926. The highest BCUT2D eigenvalue weighted by Crippen LogP contribution is 2.21. The number of hydrogen-bond donors (Lipinski definition) is 1. The molecule has 0 spiro atoms. The van der Waals surface area contributed by atoms with Gasteiger partial charge >= 0.3 is 0 Å². The zero-order chi connectivity index (χ0) is 6.81. The number of nitrogens with zero attached hydrogens (tertiary/aromatic N) is 1. The molecule has 10 heavy (non-hydrogen) atoms. The average Bonchev–Trinajstić information content (AvgIpc) is 2.28. The van der Waals surface area contributed by atoms with Gasteiger partial charge in [0.2, 0.25) is 0 Å². The van der Waals surface area contributed by atoms with Crippen molar-refractivity contribution in [2.24, 2.45) is 11.1 Å². The van der Waals surface area contributed by atoms with Gasteiger partial charge in [0.05, 0.1) is 12.1 Å². The predicted octanol–water partition coefficient (Wildman–Crippen LogP) is 0.496. The minimum atomic E-state index is 0.440. The summed E-state index contributed by atoms with van der Waals surface area (Å²) in [7, 11) is 0. The lowest BCUT2D eigenvalue weighted by Crippen LogP contribution is -2.14. The second-order valence-electron chi connectivity index (χ2n) is 2.55. The molecule has 3 nitrogen and oxygen atoms in total. The normalized spacial score (nSPS) is 30.4. The molecular weight excluding hydrogens is 128 g/mol. The third-order valence-corrected chi connectivity index (χ3v) is 1.84. The summed E-state index contributed by atoms with van der Waals surface area (Å²) in [6.45, 7) is 1.97. The fraction of sp³-hybridized carbons (Fsp3) is 0.571. The Balaban J connectivity index is 2.15. The van der Waals surface area contributed by atoms with Gasteiger partial charge in [-0.15, -0.1) is 0 Å². The van der Waals surface area contributed by atoms with Crippen LogP contribution in [0.4, 0.5) is 0 Å². The smallest absolute Gasteiger partial charge is 0.140 e. The molecule has 0 bridgehead atoms. The number of rotatable bonds is 0. The Morgan fingerprint density at radius 3 is 3.70 bits per heavy atom. The lowest BCUT2D eigenvalue weighted by atomic mass is 10.1. The van der Waals surface area contributed by atoms with Crippen LogP contribution in [0.1, 0.15) is 6.42 Å². The number of allylic oxidation sites excluding steroid dienone is 1. The first-order valence-electron chi connectivity index (χ1n) is 3.58. The maximum Gasteiger partial charge on any atom is 0.140 e. The summed E-state index contributed by atoms with van der Waals surface area (Å²) in [6.07, 6.45) is 5.04. The Hall–Kier alpha value is -0.830. The van der Waals surface area contributed by atoms with E-state index in [0.717, 1.165) is 25.3 Å². The van der Waals surface area contributed by atoms with Gasteiger partial charge in [-0.2, -0.15) is 0 Å². The fourth-order valence-corrected chi connectivity index (χ4v) is 1.24. The first-order chi connectivity index (χ1) is 4.97. The van der Waals surface area contributed by atoms with Crippen LogP contribution in [0.25, 0.3) is 0 Å². The zero-order valence-corrected chi connectivity index (χ0v) is 5.71. The van der Waals surface area contributed by atoms with Crippen LogP contribution in [-0.4, -0.2) is 19.3 Å². The van der Waals surface area contributed by atoms with E-state index in [1.807, 2.05) is 6.21 Å². The summed E-state index contributed by atoms with van der Waals surface area (Å²) in [4.78, 5) is 5.03. The molecule has 54 valence electrons. The molecule has 0 aromatic heterocycles. The molecule has 0 saturated carbocycles. The molecule has 2 rings (SSSR count). The van der Waals surface area contributed by atoms with Gasteiger partial charge in [-0.25, -0.2) is 0 Å². The number of fused-ring (bicyclic) bond motifs is 1. The quantitative estimate of drug-likeness (QED) is 0.528. The molecule has 1 N–H and O–H groups in total. The molecule has 2 aliphatic heterocycles. The Morgan fingerprint density at radius 1 is 1.70 bits per heavy atom. The lowest BCUT2D eigenvalue weighted by Gasteiger charge is -2.01. The Morgan fingerprint density at radius 2 is 2.70 bits per heavy atom. The van der Waals surface area contributed by atoms with Crippen molar-refractivity contribution < 1.29 is 4.84 Å². The molecule has 0 radical (unpaired) electrons. The molecule has 0 aromatic carbocycles. The Kier molecular flexibility index (Phi) is 1.43. The molecule has 1 atom stereocenters. The zero-order valence-electron chi connectivity index (χ0n) is 5.71. The van der Waals surface area contributed by atoms with Gasteiger partial charge in [0.15, 0.2) is 0 Å². The van der Waals surface area contributed by atoms with E-state index >= 15 is 0 Å². The van der Waals surface area contributed by atoms with E-state index in [9.17, 15) is 0 Å². The van der Waals surface area contributed by atoms with Crippen LogP contribution in [0.2, 0.25) is 0 Å². The molecule has 3 heteroatoms. The molecule has 0 saturated heterocycles. The van der Waals surface area contributed by atoms with Gasteiger partial charge in [-0.3, -0.25) is 0 Å². The van der Waals surface area contributed by atoms with Crippen LogP contribution in [-0.2, 0) is 4.84 Å². The second-order valence-corrected chi connectivity index (χ2v) is 2.55. The van der Waals surface area contributed by atoms with Gasteiger partial charge in [-0.1, -0.05) is 5.16 Å². The SMILES string of the molecule is C1=NOC2=CCNCCC12. The van der Waals surface area contributed by atoms with Crippen molar-refractivity contribution in [3.05, 3.63) is 11.8 Å². The van der Waals surface area contributed by atoms with E-state index in [0.29, 0.717) is 5.92 Å². The monoisotopic (exact) mass is 138 g/mol. The minimum absolute atomic E-state index is 0.440. The minimum Gasteiger partial charge on any atom is -0.361 e. The Bertz CT molecular complexity index is 186. The maximum atomic E-state index is 5.03. The number of oxime groups is 1. The van der Waals surface area contributed by atoms with E-state index in [1.54, 1.807) is 0 Å². The highest BCUT2D eigenvalue weighted by atomic mass is 16.6. The van der Waals surface area contributed by atoms with Crippen LogP contribution in [0.3, 0.4) is 0 Å². The van der Waals surface area contributed by atoms with Gasteiger partial charge in [-0.05, 0) is 19.0 Å². The Labute approximate surface area is 59.7 Å². The summed E-state index contributed by atoms with van der Waals surface area (Å²) < 4.78 is 0. The first-order valence-corrected chi connectivity index (χ1v) is 3.58. The highest BCUT2D eigenvalue weighted by Gasteiger charge is 2.20. The van der Waals surface area contributed by atoms with Crippen molar-refractivity contribution in [2.45, 2.75) is 6.42 Å². The highest BCUT2D eigenvalue weighted by molar-refractivity contribution is 5.65. The first kappa shape index (κ1) is 5.92. The predicted molar refractivity (Wildman–Crippen MR) is 38.6 cm³/mol. The molecule has 1 unspecified atom stereocenters. The van der Waals surface area contributed by atoms with Crippen molar-refractivity contribution in [2.75, 3.05) is 13.1 Å². The largest absolute Gasteiger partial charge is 0.361 e. The van der Waals surface area contributed by atoms with E-state index < -0.39 is 0 Å². The molecule has 0 amide bonds. The summed E-state index contributed by atoms with van der Waals surface area (Å²) in [6, 6.07) is 0. The van der Waals surface area contributed by atoms with Crippen molar-refractivity contribution in [1.82, 2.24) is 5.32 Å². The molecule has 2 heterocycles. The van der Waals surface area contributed by atoms with Crippen molar-refractivity contribution in [3.63, 3.8) is 0 Å². The van der Waals surface area contributed by atoms with Gasteiger partial charge in [0.1, 0.15) is 5.76 Å². The lowest BCUT2D eigenvalue weighted by molar-refractivity contribution is 0.230. The van der Waals surface area contributed by atoms with Crippen LogP contribution in [0, 0.1) is 5.92 Å². The number of hydrogen-bond acceptors (Lipinski definition) is 3. The van der Waals surface area contributed by atoms with E-state index in [1.165, 1.54) is 0 Å². The number of nitrogens with one attached hydrogen (secondary N) is 1. The van der Waals surface area contributed by atoms with Gasteiger partial charge in [0.25, 0.3) is 0 Å². The van der Waals surface area contributed by atoms with Crippen LogP contribution >= 0.6 is 0 Å². The van der Waals surface area contributed by atoms with Gasteiger partial charge < -0.3 is 10.2 Å². The summed E-state index contributed by atoms with van der Waals surface area (Å²) in [5.74, 6) is 1.46. The van der Waals surface area contributed by atoms with Crippen LogP contribution < -0.4 is 5.32 Å². The summed E-state index contributed by atoms with van der Waals surface area (Å²) >= 11 is 0. The van der Waals surface area contributed by atoms with Crippen molar-refractivity contribution in [1.29, 1.82) is 0 Å². The van der Waals surface area contributed by atoms with Crippen molar-refractivity contribution >= 4 is 6.21 Å². The van der Waals surface area contributed by atoms with E-state index in [2.05, 4.69) is 16.5 Å². The molecule has 2 aliphatic rings. The molecular formula is C7H10N2O. The fourth-order valence-electron chi connectivity index (χ4n) is 1.24. The van der Waals surface area contributed by atoms with E-state index in [-0.39, 0.29) is 0 Å². The third-order valence-electron chi connectivity index (χ3n) is 1.84. The van der Waals surface area contributed by atoms with Crippen LogP contribution in [0.5, 0.6) is 0 Å². The topological polar surface area (TPSA) is 33.6 Å². The van der Waals surface area contributed by atoms with Crippen LogP contribution in [0.15, 0.2) is 17.0 Å². The van der Waals surface area contributed by atoms with Gasteiger partial charge in [0, 0.05) is 6.54 Å². The molecule has 0 aliphatic carbocycles. The van der Waals surface area contributed by atoms with E-state index in [4.69, 9.17) is 4.84 Å². The second kappa shape index (κ2) is 2.42. The molecule has 0 aromatic rings. The van der Waals surface area contributed by atoms with Crippen molar-refractivity contribution in [3.8, 4) is 0 Å². The average molecular weight is 138 g/mol. The summed E-state index contributed by atoms with van der Waals surface area (Å²) in [5, 5.41) is 7.01. The standard InChI is InChI=1S/C7H10N2O/c1-3-8-4-2-7-6(1)5-9-10-7/h2,5-6,8H,1,3-4H2. The molecule has 0 fully saturated rings. The summed E-state index contributed by atoms with van der Waals surface area (Å²) in [5.41, 5.74) is 0.